The second-order valence-corrected chi connectivity index (χ2v) is 5.06. The Kier molecular flexibility index (Phi) is 5.97. The van der Waals surface area contributed by atoms with Gasteiger partial charge >= 0.3 is 6.01 Å². The zero-order valence-electron chi connectivity index (χ0n) is 11.6. The molecule has 18 heavy (non-hydrogen) atoms. The lowest BCUT2D eigenvalue weighted by molar-refractivity contribution is 0.222. The van der Waals surface area contributed by atoms with E-state index in [0.717, 1.165) is 12.3 Å². The van der Waals surface area contributed by atoms with Crippen LogP contribution in [-0.4, -0.2) is 53.7 Å². The highest BCUT2D eigenvalue weighted by atomic mass is 32.2. The Morgan fingerprint density at radius 2 is 2.06 bits per heavy atom. The van der Waals surface area contributed by atoms with Crippen molar-refractivity contribution in [2.24, 2.45) is 0 Å². The second kappa shape index (κ2) is 7.25. The third kappa shape index (κ3) is 4.56. The fraction of sp³-hybridized carbons (Fsp3) is 0.727. The molecule has 1 heterocycles. The first-order valence-corrected chi connectivity index (χ1v) is 7.26. The number of aromatic nitrogens is 3. The Hall–Kier alpha value is -1.24. The van der Waals surface area contributed by atoms with Gasteiger partial charge in [-0.1, -0.05) is 0 Å². The summed E-state index contributed by atoms with van der Waals surface area (Å²) in [5.74, 6) is 2.17. The van der Waals surface area contributed by atoms with Crippen LogP contribution in [0.5, 0.6) is 6.01 Å². The zero-order chi connectivity index (χ0) is 13.5. The molecule has 0 aliphatic carbocycles. The Labute approximate surface area is 113 Å². The van der Waals surface area contributed by atoms with Crippen molar-refractivity contribution >= 4 is 23.7 Å². The van der Waals surface area contributed by atoms with E-state index in [4.69, 9.17) is 4.74 Å². The van der Waals surface area contributed by atoms with Gasteiger partial charge in [0, 0.05) is 26.4 Å². The first kappa shape index (κ1) is 14.8. The maximum Gasteiger partial charge on any atom is 0.323 e. The van der Waals surface area contributed by atoms with Crippen LogP contribution in [0.4, 0.5) is 11.9 Å². The maximum atomic E-state index is 5.52. The van der Waals surface area contributed by atoms with E-state index in [1.165, 1.54) is 0 Å². The average molecular weight is 271 g/mol. The molecule has 0 spiro atoms. The minimum atomic E-state index is 0.0430. The van der Waals surface area contributed by atoms with E-state index < -0.39 is 0 Å². The summed E-state index contributed by atoms with van der Waals surface area (Å²) >= 11 is 1.79. The largest absolute Gasteiger partial charge is 0.461 e. The van der Waals surface area contributed by atoms with Gasteiger partial charge in [0.25, 0.3) is 0 Å². The van der Waals surface area contributed by atoms with Gasteiger partial charge in [-0.3, -0.25) is 0 Å². The van der Waals surface area contributed by atoms with Crippen LogP contribution in [-0.2, 0) is 0 Å². The number of thioether (sulfide) groups is 1. The standard InChI is InChI=1S/C11H21N5OS/c1-8(2)17-11-14-9(12-3)13-10(15-11)16(4)6-7-18-5/h8H,6-7H2,1-5H3,(H,12,13,14,15). The average Bonchev–Trinajstić information content (AvgIpc) is 2.34. The minimum Gasteiger partial charge on any atom is -0.461 e. The van der Waals surface area contributed by atoms with Gasteiger partial charge in [-0.25, -0.2) is 0 Å². The molecule has 1 aromatic rings. The highest BCUT2D eigenvalue weighted by Crippen LogP contribution is 2.15. The lowest BCUT2D eigenvalue weighted by atomic mass is 10.5. The summed E-state index contributed by atoms with van der Waals surface area (Å²) in [6, 6.07) is 0.357. The van der Waals surface area contributed by atoms with Gasteiger partial charge in [0.15, 0.2) is 0 Å². The molecule has 1 rings (SSSR count). The van der Waals surface area contributed by atoms with E-state index in [9.17, 15) is 0 Å². The number of anilines is 2. The number of ether oxygens (including phenoxy) is 1. The first-order chi connectivity index (χ1) is 8.56. The lowest BCUT2D eigenvalue weighted by Gasteiger charge is -2.18. The number of hydrogen-bond acceptors (Lipinski definition) is 7. The second-order valence-electron chi connectivity index (χ2n) is 4.07. The first-order valence-electron chi connectivity index (χ1n) is 5.87. The van der Waals surface area contributed by atoms with Gasteiger partial charge < -0.3 is 15.0 Å². The summed E-state index contributed by atoms with van der Waals surface area (Å²) in [4.78, 5) is 14.8. The van der Waals surface area contributed by atoms with E-state index in [2.05, 4.69) is 26.5 Å². The van der Waals surface area contributed by atoms with Gasteiger partial charge in [-0.2, -0.15) is 26.7 Å². The number of nitrogens with zero attached hydrogens (tertiary/aromatic N) is 4. The molecule has 0 aliphatic heterocycles. The zero-order valence-corrected chi connectivity index (χ0v) is 12.4. The van der Waals surface area contributed by atoms with Crippen LogP contribution in [0.3, 0.4) is 0 Å². The van der Waals surface area contributed by atoms with Crippen LogP contribution in [0.25, 0.3) is 0 Å². The fourth-order valence-electron chi connectivity index (χ4n) is 1.22. The van der Waals surface area contributed by atoms with Crippen molar-refractivity contribution < 1.29 is 4.74 Å². The topological polar surface area (TPSA) is 63.2 Å². The molecule has 0 unspecified atom stereocenters. The van der Waals surface area contributed by atoms with Crippen molar-refractivity contribution in [1.82, 2.24) is 15.0 Å². The lowest BCUT2D eigenvalue weighted by Crippen LogP contribution is -2.24. The minimum absolute atomic E-state index is 0.0430. The van der Waals surface area contributed by atoms with Gasteiger partial charge in [0.1, 0.15) is 0 Å². The molecule has 0 amide bonds. The molecule has 0 saturated heterocycles. The van der Waals surface area contributed by atoms with Crippen LogP contribution in [0, 0.1) is 0 Å². The number of hydrogen-bond donors (Lipinski definition) is 1. The molecule has 0 atom stereocenters. The molecule has 0 bridgehead atoms. The Balaban J connectivity index is 2.88. The van der Waals surface area contributed by atoms with Crippen molar-refractivity contribution in [2.45, 2.75) is 20.0 Å². The number of rotatable bonds is 7. The summed E-state index contributed by atoms with van der Waals surface area (Å²) in [6.07, 6.45) is 2.12. The molecule has 0 aromatic carbocycles. The molecule has 0 saturated carbocycles. The van der Waals surface area contributed by atoms with Crippen molar-refractivity contribution in [3.63, 3.8) is 0 Å². The summed E-state index contributed by atoms with van der Waals surface area (Å²) in [6.45, 7) is 4.77. The van der Waals surface area contributed by atoms with E-state index in [1.807, 2.05) is 25.8 Å². The van der Waals surface area contributed by atoms with Gasteiger partial charge in [-0.15, -0.1) is 0 Å². The van der Waals surface area contributed by atoms with E-state index in [1.54, 1.807) is 18.8 Å². The van der Waals surface area contributed by atoms with Crippen molar-refractivity contribution in [1.29, 1.82) is 0 Å². The molecule has 0 fully saturated rings. The molecule has 1 N–H and O–H groups in total. The third-order valence-electron chi connectivity index (χ3n) is 2.14. The van der Waals surface area contributed by atoms with E-state index >= 15 is 0 Å². The Morgan fingerprint density at radius 3 is 2.61 bits per heavy atom. The van der Waals surface area contributed by atoms with Crippen molar-refractivity contribution in [2.75, 3.05) is 42.9 Å². The highest BCUT2D eigenvalue weighted by Gasteiger charge is 2.11. The summed E-state index contributed by atoms with van der Waals surface area (Å²) in [7, 11) is 3.74. The Bertz CT molecular complexity index is 374. The molecule has 0 radical (unpaired) electrons. The molecule has 1 aromatic heterocycles. The molecule has 0 aliphatic rings. The number of nitrogens with one attached hydrogen (secondary N) is 1. The predicted octanol–water partition coefficient (Wildman–Crippen LogP) is 1.50. The van der Waals surface area contributed by atoms with Crippen LogP contribution in [0.1, 0.15) is 13.8 Å². The molecular formula is C11H21N5OS. The van der Waals surface area contributed by atoms with Crippen LogP contribution < -0.4 is 15.0 Å². The van der Waals surface area contributed by atoms with Crippen molar-refractivity contribution in [3.8, 4) is 6.01 Å². The SMILES string of the molecule is CNc1nc(OC(C)C)nc(N(C)CCSC)n1. The van der Waals surface area contributed by atoms with Crippen LogP contribution in [0.2, 0.25) is 0 Å². The quantitative estimate of drug-likeness (QED) is 0.806. The predicted molar refractivity (Wildman–Crippen MR) is 76.8 cm³/mol. The van der Waals surface area contributed by atoms with E-state index in [-0.39, 0.29) is 6.10 Å². The van der Waals surface area contributed by atoms with Gasteiger partial charge in [-0.05, 0) is 20.1 Å². The molecule has 102 valence electrons. The van der Waals surface area contributed by atoms with E-state index in [0.29, 0.717) is 17.9 Å². The van der Waals surface area contributed by atoms with Crippen molar-refractivity contribution in [3.05, 3.63) is 0 Å². The van der Waals surface area contributed by atoms with Gasteiger partial charge in [0.05, 0.1) is 6.10 Å². The van der Waals surface area contributed by atoms with Crippen LogP contribution >= 0.6 is 11.8 Å². The highest BCUT2D eigenvalue weighted by molar-refractivity contribution is 7.98. The summed E-state index contributed by atoms with van der Waals surface area (Å²) < 4.78 is 5.52. The molecular weight excluding hydrogens is 250 g/mol. The summed E-state index contributed by atoms with van der Waals surface area (Å²) in [5, 5.41) is 2.92. The fourth-order valence-corrected chi connectivity index (χ4v) is 1.68. The monoisotopic (exact) mass is 271 g/mol. The molecule has 6 nitrogen and oxygen atoms in total. The Morgan fingerprint density at radius 1 is 1.33 bits per heavy atom. The molecule has 7 heteroatoms. The maximum absolute atomic E-state index is 5.52. The van der Waals surface area contributed by atoms with Gasteiger partial charge in [0.2, 0.25) is 11.9 Å². The summed E-state index contributed by atoms with van der Waals surface area (Å²) in [5.41, 5.74) is 0. The third-order valence-corrected chi connectivity index (χ3v) is 2.73. The van der Waals surface area contributed by atoms with Crippen LogP contribution in [0.15, 0.2) is 0 Å². The smallest absolute Gasteiger partial charge is 0.323 e. The normalized spacial score (nSPS) is 10.6.